The maximum atomic E-state index is 13.0. The molecule has 23 heavy (non-hydrogen) atoms. The molecule has 0 saturated carbocycles. The summed E-state index contributed by atoms with van der Waals surface area (Å²) in [4.78, 5) is 25.7. The zero-order chi connectivity index (χ0) is 16.4. The summed E-state index contributed by atoms with van der Waals surface area (Å²) in [6, 6.07) is 6.07. The quantitative estimate of drug-likeness (QED) is 0.896. The Labute approximate surface area is 136 Å². The number of nitrogens with two attached hydrogens (primary N) is 1. The molecule has 1 aliphatic rings. The van der Waals surface area contributed by atoms with Crippen molar-refractivity contribution in [2.24, 2.45) is 5.73 Å². The summed E-state index contributed by atoms with van der Waals surface area (Å²) >= 11 is 1.39. The lowest BCUT2D eigenvalue weighted by Crippen LogP contribution is -2.37. The molecule has 2 amide bonds. The molecule has 0 radical (unpaired) electrons. The van der Waals surface area contributed by atoms with Gasteiger partial charge in [-0.05, 0) is 29.3 Å². The van der Waals surface area contributed by atoms with Crippen LogP contribution in [0.5, 0.6) is 0 Å². The highest BCUT2D eigenvalue weighted by Crippen LogP contribution is 2.27. The number of nitrogens with one attached hydrogen (secondary N) is 1. The second kappa shape index (κ2) is 6.47. The van der Waals surface area contributed by atoms with Crippen molar-refractivity contribution in [2.75, 3.05) is 6.61 Å². The van der Waals surface area contributed by atoms with Gasteiger partial charge in [-0.2, -0.15) is 0 Å². The Hall–Kier alpha value is -2.25. The molecular formula is C16H15FN2O3S. The topological polar surface area (TPSA) is 81.4 Å². The second-order valence-electron chi connectivity index (χ2n) is 5.22. The first kappa shape index (κ1) is 15.6. The predicted molar refractivity (Wildman–Crippen MR) is 83.5 cm³/mol. The molecule has 7 heteroatoms. The third kappa shape index (κ3) is 3.40. The molecule has 1 unspecified atom stereocenters. The van der Waals surface area contributed by atoms with Gasteiger partial charge in [-0.25, -0.2) is 4.39 Å². The third-order valence-corrected chi connectivity index (χ3v) is 4.85. The second-order valence-corrected chi connectivity index (χ2v) is 6.36. The number of hydrogen-bond donors (Lipinski definition) is 2. The minimum Gasteiger partial charge on any atom is -0.376 e. The van der Waals surface area contributed by atoms with Gasteiger partial charge < -0.3 is 15.8 Å². The average molecular weight is 334 g/mol. The van der Waals surface area contributed by atoms with Crippen LogP contribution in [0.3, 0.4) is 0 Å². The molecular weight excluding hydrogens is 319 g/mol. The molecule has 2 heterocycles. The van der Waals surface area contributed by atoms with Crippen molar-refractivity contribution in [3.8, 4) is 0 Å². The fourth-order valence-electron chi connectivity index (χ4n) is 2.44. The fourth-order valence-corrected chi connectivity index (χ4v) is 3.49. The van der Waals surface area contributed by atoms with Gasteiger partial charge in [0.1, 0.15) is 11.9 Å². The molecule has 0 bridgehead atoms. The smallest absolute Gasteiger partial charge is 0.262 e. The monoisotopic (exact) mass is 334 g/mol. The number of rotatable bonds is 4. The Morgan fingerprint density at radius 2 is 2.04 bits per heavy atom. The van der Waals surface area contributed by atoms with E-state index in [1.807, 2.05) is 0 Å². The van der Waals surface area contributed by atoms with Crippen LogP contribution >= 0.6 is 11.3 Å². The number of amides is 2. The number of thiophene rings is 1. The van der Waals surface area contributed by atoms with Gasteiger partial charge in [-0.1, -0.05) is 12.1 Å². The van der Waals surface area contributed by atoms with E-state index in [-0.39, 0.29) is 5.91 Å². The van der Waals surface area contributed by atoms with Crippen LogP contribution in [-0.4, -0.2) is 18.4 Å². The van der Waals surface area contributed by atoms with Crippen LogP contribution in [0, 0.1) is 5.82 Å². The first-order chi connectivity index (χ1) is 11.0. The Balaban J connectivity index is 1.79. The highest BCUT2D eigenvalue weighted by molar-refractivity contribution is 7.14. The molecule has 120 valence electrons. The number of carbonyl (C=O) groups is 2. The van der Waals surface area contributed by atoms with Crippen LogP contribution < -0.4 is 11.1 Å². The van der Waals surface area contributed by atoms with Crippen LogP contribution in [0.25, 0.3) is 0 Å². The number of primary amides is 1. The zero-order valence-electron chi connectivity index (χ0n) is 12.2. The maximum Gasteiger partial charge on any atom is 0.262 e. The van der Waals surface area contributed by atoms with Crippen LogP contribution in [0.4, 0.5) is 4.39 Å². The first-order valence-corrected chi connectivity index (χ1v) is 7.91. The largest absolute Gasteiger partial charge is 0.376 e. The summed E-state index contributed by atoms with van der Waals surface area (Å²) in [5.41, 5.74) is 6.81. The minimum atomic E-state index is -1.00. The van der Waals surface area contributed by atoms with E-state index in [9.17, 15) is 14.0 Å². The molecule has 1 atom stereocenters. The minimum absolute atomic E-state index is 0.377. The van der Waals surface area contributed by atoms with Gasteiger partial charge in [0.2, 0.25) is 5.91 Å². The van der Waals surface area contributed by atoms with Crippen LogP contribution in [0.1, 0.15) is 31.7 Å². The molecule has 1 aromatic carbocycles. The predicted octanol–water partition coefficient (Wildman–Crippen LogP) is 1.92. The molecule has 3 N–H and O–H groups in total. The number of benzene rings is 1. The molecule has 0 spiro atoms. The standard InChI is InChI=1S/C16H15FN2O3S/c17-11-3-1-9(2-4-11)14(15(18)20)19-16(21)13-7-10-8-22-6-5-12(10)23-13/h1-4,7,14H,5-6,8H2,(H2,18,20)(H,19,21). The molecule has 1 aromatic heterocycles. The van der Waals surface area contributed by atoms with Crippen LogP contribution in [0.2, 0.25) is 0 Å². The van der Waals surface area contributed by atoms with Crippen molar-refractivity contribution in [1.82, 2.24) is 5.32 Å². The summed E-state index contributed by atoms with van der Waals surface area (Å²) < 4.78 is 18.4. The van der Waals surface area contributed by atoms with E-state index in [1.54, 1.807) is 6.07 Å². The fraction of sp³-hybridized carbons (Fsp3) is 0.250. The van der Waals surface area contributed by atoms with Gasteiger partial charge in [-0.3, -0.25) is 9.59 Å². The lowest BCUT2D eigenvalue weighted by Gasteiger charge is -2.15. The van der Waals surface area contributed by atoms with Gasteiger partial charge in [0, 0.05) is 11.3 Å². The Bertz CT molecular complexity index is 719. The van der Waals surface area contributed by atoms with Crippen molar-refractivity contribution in [1.29, 1.82) is 0 Å². The van der Waals surface area contributed by atoms with Crippen LogP contribution in [-0.2, 0) is 22.6 Å². The van der Waals surface area contributed by atoms with E-state index in [1.165, 1.54) is 35.6 Å². The number of fused-ring (bicyclic) bond motifs is 1. The summed E-state index contributed by atoms with van der Waals surface area (Å²) in [5, 5.41) is 2.61. The van der Waals surface area contributed by atoms with E-state index in [2.05, 4.69) is 5.32 Å². The first-order valence-electron chi connectivity index (χ1n) is 7.09. The SMILES string of the molecule is NC(=O)C(NC(=O)c1cc2c(s1)CCOC2)c1ccc(F)cc1. The Morgan fingerprint density at radius 1 is 1.30 bits per heavy atom. The van der Waals surface area contributed by atoms with Crippen molar-refractivity contribution in [3.63, 3.8) is 0 Å². The highest BCUT2D eigenvalue weighted by Gasteiger charge is 2.23. The maximum absolute atomic E-state index is 13.0. The zero-order valence-corrected chi connectivity index (χ0v) is 13.0. The number of ether oxygens (including phenoxy) is 1. The number of hydrogen-bond acceptors (Lipinski definition) is 4. The lowest BCUT2D eigenvalue weighted by molar-refractivity contribution is -0.120. The van der Waals surface area contributed by atoms with Gasteiger partial charge >= 0.3 is 0 Å². The van der Waals surface area contributed by atoms with E-state index in [0.29, 0.717) is 23.7 Å². The number of carbonyl (C=O) groups excluding carboxylic acids is 2. The summed E-state index contributed by atoms with van der Waals surface area (Å²) in [5.74, 6) is -1.50. The average Bonchev–Trinajstić information content (AvgIpc) is 2.97. The van der Waals surface area contributed by atoms with Gasteiger partial charge in [0.25, 0.3) is 5.91 Å². The molecule has 3 rings (SSSR count). The van der Waals surface area contributed by atoms with E-state index in [0.717, 1.165) is 16.9 Å². The van der Waals surface area contributed by atoms with Crippen molar-refractivity contribution < 1.29 is 18.7 Å². The summed E-state index contributed by atoms with van der Waals surface area (Å²) in [6.45, 7) is 1.14. The molecule has 1 aliphatic heterocycles. The lowest BCUT2D eigenvalue weighted by atomic mass is 10.1. The van der Waals surface area contributed by atoms with Crippen molar-refractivity contribution >= 4 is 23.2 Å². The third-order valence-electron chi connectivity index (χ3n) is 3.61. The molecule has 0 saturated heterocycles. The molecule has 5 nitrogen and oxygen atoms in total. The van der Waals surface area contributed by atoms with Gasteiger partial charge in [0.05, 0.1) is 18.1 Å². The van der Waals surface area contributed by atoms with E-state index in [4.69, 9.17) is 10.5 Å². The van der Waals surface area contributed by atoms with E-state index < -0.39 is 17.8 Å². The number of halogens is 1. The van der Waals surface area contributed by atoms with Gasteiger partial charge in [-0.15, -0.1) is 11.3 Å². The molecule has 0 fully saturated rings. The van der Waals surface area contributed by atoms with Gasteiger partial charge in [0.15, 0.2) is 0 Å². The van der Waals surface area contributed by atoms with Crippen molar-refractivity contribution in [2.45, 2.75) is 19.1 Å². The molecule has 2 aromatic rings. The summed E-state index contributed by atoms with van der Waals surface area (Å²) in [7, 11) is 0. The van der Waals surface area contributed by atoms with E-state index >= 15 is 0 Å². The highest BCUT2D eigenvalue weighted by atomic mass is 32.1. The Morgan fingerprint density at radius 3 is 2.70 bits per heavy atom. The van der Waals surface area contributed by atoms with Crippen LogP contribution in [0.15, 0.2) is 30.3 Å². The Kier molecular flexibility index (Phi) is 4.40. The van der Waals surface area contributed by atoms with Crippen molar-refractivity contribution in [3.05, 3.63) is 57.0 Å². The molecule has 0 aliphatic carbocycles. The summed E-state index contributed by atoms with van der Waals surface area (Å²) in [6.07, 6.45) is 0.782. The normalized spacial score (nSPS) is 14.8.